The van der Waals surface area contributed by atoms with Gasteiger partial charge in [0, 0.05) is 16.3 Å². The van der Waals surface area contributed by atoms with Crippen LogP contribution in [0.2, 0.25) is 0 Å². The van der Waals surface area contributed by atoms with Gasteiger partial charge in [-0.25, -0.2) is 4.98 Å². The van der Waals surface area contributed by atoms with Gasteiger partial charge in [-0.05, 0) is 6.07 Å². The fraction of sp³-hybridized carbons (Fsp3) is 0. The summed E-state index contributed by atoms with van der Waals surface area (Å²) in [7, 11) is 0. The molecule has 3 rings (SSSR count). The quantitative estimate of drug-likeness (QED) is 0.638. The summed E-state index contributed by atoms with van der Waals surface area (Å²) in [6.07, 6.45) is 1.68. The molecule has 0 saturated carbocycles. The van der Waals surface area contributed by atoms with Crippen LogP contribution in [0.3, 0.4) is 0 Å². The molecule has 0 spiro atoms. The van der Waals surface area contributed by atoms with Crippen molar-refractivity contribution in [2.75, 3.05) is 0 Å². The number of furan rings is 1. The summed E-state index contributed by atoms with van der Waals surface area (Å²) in [5.74, 6) is 0. The number of nitrogens with zero attached hydrogens (tertiary/aromatic N) is 2. The number of rotatable bonds is 1. The predicted octanol–water partition coefficient (Wildman–Crippen LogP) is 3.43. The molecular formula is C12H6N2OS. The maximum absolute atomic E-state index is 8.74. The summed E-state index contributed by atoms with van der Waals surface area (Å²) in [5, 5.41) is 12.1. The van der Waals surface area contributed by atoms with Gasteiger partial charge in [-0.2, -0.15) is 5.26 Å². The lowest BCUT2D eigenvalue weighted by atomic mass is 10.1. The number of aromatic nitrogens is 1. The highest BCUT2D eigenvalue weighted by Gasteiger charge is 2.10. The third-order valence-electron chi connectivity index (χ3n) is 2.36. The van der Waals surface area contributed by atoms with Gasteiger partial charge >= 0.3 is 0 Å². The van der Waals surface area contributed by atoms with E-state index in [0.29, 0.717) is 5.01 Å². The molecule has 0 radical (unpaired) electrons. The van der Waals surface area contributed by atoms with Crippen molar-refractivity contribution in [3.05, 3.63) is 40.9 Å². The molecule has 0 aliphatic rings. The standard InChI is InChI=1S/C12H6N2OS/c13-5-12-14-10(7-16-12)9-6-15-11-4-2-1-3-8(9)11/h1-4,6-7H. The van der Waals surface area contributed by atoms with Crippen LogP contribution in [-0.2, 0) is 0 Å². The second-order valence-corrected chi connectivity index (χ2v) is 4.15. The third kappa shape index (κ3) is 1.30. The van der Waals surface area contributed by atoms with Crippen molar-refractivity contribution in [2.24, 2.45) is 0 Å². The van der Waals surface area contributed by atoms with Crippen molar-refractivity contribution < 1.29 is 4.42 Å². The van der Waals surface area contributed by atoms with Gasteiger partial charge in [0.2, 0.25) is 0 Å². The first-order valence-corrected chi connectivity index (χ1v) is 5.58. The van der Waals surface area contributed by atoms with Crippen molar-refractivity contribution in [3.63, 3.8) is 0 Å². The second kappa shape index (κ2) is 3.47. The smallest absolute Gasteiger partial charge is 0.194 e. The fourth-order valence-corrected chi connectivity index (χ4v) is 2.23. The Morgan fingerprint density at radius 1 is 1.31 bits per heavy atom. The topological polar surface area (TPSA) is 49.8 Å². The largest absolute Gasteiger partial charge is 0.464 e. The van der Waals surface area contributed by atoms with Crippen LogP contribution in [0.4, 0.5) is 0 Å². The van der Waals surface area contributed by atoms with E-state index in [1.807, 2.05) is 35.7 Å². The summed E-state index contributed by atoms with van der Waals surface area (Å²) < 4.78 is 5.43. The Bertz CT molecular complexity index is 690. The van der Waals surface area contributed by atoms with E-state index in [-0.39, 0.29) is 0 Å². The number of fused-ring (bicyclic) bond motifs is 1. The minimum atomic E-state index is 0.472. The van der Waals surface area contributed by atoms with Gasteiger partial charge < -0.3 is 4.42 Å². The van der Waals surface area contributed by atoms with Crippen molar-refractivity contribution in [1.82, 2.24) is 4.98 Å². The number of hydrogen-bond acceptors (Lipinski definition) is 4. The van der Waals surface area contributed by atoms with E-state index >= 15 is 0 Å². The average molecular weight is 226 g/mol. The lowest BCUT2D eigenvalue weighted by Crippen LogP contribution is -1.75. The van der Waals surface area contributed by atoms with Crippen LogP contribution >= 0.6 is 11.3 Å². The summed E-state index contributed by atoms with van der Waals surface area (Å²) in [6.45, 7) is 0. The van der Waals surface area contributed by atoms with Gasteiger partial charge in [0.15, 0.2) is 5.01 Å². The van der Waals surface area contributed by atoms with Gasteiger partial charge in [-0.15, -0.1) is 11.3 Å². The van der Waals surface area contributed by atoms with Gasteiger partial charge in [0.05, 0.1) is 5.69 Å². The SMILES string of the molecule is N#Cc1nc(-c2coc3ccccc23)cs1. The zero-order chi connectivity index (χ0) is 11.0. The molecule has 3 nitrogen and oxygen atoms in total. The van der Waals surface area contributed by atoms with E-state index in [1.54, 1.807) is 6.26 Å². The summed E-state index contributed by atoms with van der Waals surface area (Å²) in [4.78, 5) is 4.22. The molecule has 0 unspecified atom stereocenters. The Hall–Kier alpha value is -2.12. The first-order valence-electron chi connectivity index (χ1n) is 4.71. The maximum Gasteiger partial charge on any atom is 0.194 e. The van der Waals surface area contributed by atoms with Crippen LogP contribution < -0.4 is 0 Å². The van der Waals surface area contributed by atoms with Crippen LogP contribution in [0.5, 0.6) is 0 Å². The zero-order valence-corrected chi connectivity index (χ0v) is 8.99. The van der Waals surface area contributed by atoms with E-state index in [2.05, 4.69) is 4.98 Å². The van der Waals surface area contributed by atoms with Gasteiger partial charge in [0.25, 0.3) is 0 Å². The van der Waals surface area contributed by atoms with Crippen molar-refractivity contribution >= 4 is 22.3 Å². The Morgan fingerprint density at radius 3 is 3.00 bits per heavy atom. The highest BCUT2D eigenvalue weighted by Crippen LogP contribution is 2.30. The lowest BCUT2D eigenvalue weighted by Gasteiger charge is -1.90. The number of thiazole rings is 1. The van der Waals surface area contributed by atoms with E-state index in [0.717, 1.165) is 22.2 Å². The normalized spacial score (nSPS) is 10.4. The predicted molar refractivity (Wildman–Crippen MR) is 62.0 cm³/mol. The molecule has 3 aromatic rings. The zero-order valence-electron chi connectivity index (χ0n) is 8.18. The monoisotopic (exact) mass is 226 g/mol. The molecule has 0 fully saturated rings. The third-order valence-corrected chi connectivity index (χ3v) is 3.10. The van der Waals surface area contributed by atoms with Crippen LogP contribution in [0.25, 0.3) is 22.2 Å². The summed E-state index contributed by atoms with van der Waals surface area (Å²) in [5.41, 5.74) is 2.57. The molecular weight excluding hydrogens is 220 g/mol. The molecule has 0 atom stereocenters. The van der Waals surface area contributed by atoms with Gasteiger partial charge in [-0.1, -0.05) is 18.2 Å². The Labute approximate surface area is 95.6 Å². The van der Waals surface area contributed by atoms with E-state index in [1.165, 1.54) is 11.3 Å². The number of benzene rings is 1. The molecule has 2 aromatic heterocycles. The number of nitriles is 1. The minimum absolute atomic E-state index is 0.472. The highest BCUT2D eigenvalue weighted by molar-refractivity contribution is 7.10. The van der Waals surface area contributed by atoms with Crippen LogP contribution in [0.1, 0.15) is 5.01 Å². The molecule has 16 heavy (non-hydrogen) atoms. The first kappa shape index (κ1) is 9.13. The molecule has 2 heterocycles. The van der Waals surface area contributed by atoms with Crippen LogP contribution in [0, 0.1) is 11.3 Å². The molecule has 0 amide bonds. The molecule has 0 aliphatic carbocycles. The maximum atomic E-state index is 8.74. The van der Waals surface area contributed by atoms with Crippen LogP contribution in [0.15, 0.2) is 40.3 Å². The Kier molecular flexibility index (Phi) is 1.98. The number of hydrogen-bond donors (Lipinski definition) is 0. The van der Waals surface area contributed by atoms with E-state index in [9.17, 15) is 0 Å². The molecule has 76 valence electrons. The first-order chi connectivity index (χ1) is 7.88. The van der Waals surface area contributed by atoms with Gasteiger partial charge in [-0.3, -0.25) is 0 Å². The average Bonchev–Trinajstić information content (AvgIpc) is 2.94. The minimum Gasteiger partial charge on any atom is -0.464 e. The van der Waals surface area contributed by atoms with Gasteiger partial charge in [0.1, 0.15) is 17.9 Å². The lowest BCUT2D eigenvalue weighted by molar-refractivity contribution is 0.617. The summed E-state index contributed by atoms with van der Waals surface area (Å²) >= 11 is 1.34. The van der Waals surface area contributed by atoms with E-state index in [4.69, 9.17) is 9.68 Å². The van der Waals surface area contributed by atoms with Crippen molar-refractivity contribution in [3.8, 4) is 17.3 Å². The highest BCUT2D eigenvalue weighted by atomic mass is 32.1. The molecule has 1 aromatic carbocycles. The summed E-state index contributed by atoms with van der Waals surface area (Å²) in [6, 6.07) is 9.82. The van der Waals surface area contributed by atoms with E-state index < -0.39 is 0 Å². The Balaban J connectivity index is 2.23. The second-order valence-electron chi connectivity index (χ2n) is 3.30. The molecule has 0 bridgehead atoms. The fourth-order valence-electron chi connectivity index (χ4n) is 1.62. The van der Waals surface area contributed by atoms with Crippen molar-refractivity contribution in [2.45, 2.75) is 0 Å². The number of para-hydroxylation sites is 1. The van der Waals surface area contributed by atoms with Crippen LogP contribution in [-0.4, -0.2) is 4.98 Å². The Morgan fingerprint density at radius 2 is 2.19 bits per heavy atom. The van der Waals surface area contributed by atoms with Crippen molar-refractivity contribution in [1.29, 1.82) is 5.26 Å². The molecule has 0 N–H and O–H groups in total. The molecule has 0 saturated heterocycles. The molecule has 4 heteroatoms. The molecule has 0 aliphatic heterocycles.